The van der Waals surface area contributed by atoms with E-state index in [9.17, 15) is 0 Å². The fourth-order valence-corrected chi connectivity index (χ4v) is 0.679. The molecule has 0 radical (unpaired) electrons. The molecule has 0 rings (SSSR count). The van der Waals surface area contributed by atoms with E-state index in [0.717, 1.165) is 0 Å². The molecule has 0 fully saturated rings. The van der Waals surface area contributed by atoms with E-state index in [2.05, 4.69) is 26.0 Å². The van der Waals surface area contributed by atoms with Crippen LogP contribution in [0.3, 0.4) is 0 Å². The number of rotatable bonds is 4. The Bertz CT molecular complexity index is 53.1. The van der Waals surface area contributed by atoms with Crippen LogP contribution in [0.25, 0.3) is 0 Å². The highest BCUT2D eigenvalue weighted by molar-refractivity contribution is 4.75. The van der Waals surface area contributed by atoms with Crippen LogP contribution >= 0.6 is 0 Å². The summed E-state index contributed by atoms with van der Waals surface area (Å²) in [5, 5.41) is 0. The van der Waals surface area contributed by atoms with E-state index >= 15 is 0 Å². The van der Waals surface area contributed by atoms with E-state index in [-0.39, 0.29) is 0 Å². The van der Waals surface area contributed by atoms with Crippen molar-refractivity contribution in [1.82, 2.24) is 0 Å². The Morgan fingerprint density at radius 3 is 2.50 bits per heavy atom. The molecule has 0 heteroatoms. The topological polar surface area (TPSA) is 0 Å². The van der Waals surface area contributed by atoms with Crippen molar-refractivity contribution in [2.24, 2.45) is 0 Å². The molecule has 0 unspecified atom stereocenters. The van der Waals surface area contributed by atoms with E-state index in [1.165, 1.54) is 25.7 Å². The highest BCUT2D eigenvalue weighted by Crippen LogP contribution is 1.98. The molecule has 0 spiro atoms. The van der Waals surface area contributed by atoms with Crippen molar-refractivity contribution < 1.29 is 0 Å². The molecule has 0 heterocycles. The summed E-state index contributed by atoms with van der Waals surface area (Å²) in [6, 6.07) is 0. The average molecular weight is 112 g/mol. The first-order valence-electron chi connectivity index (χ1n) is 3.53. The maximum Gasteiger partial charge on any atom is -0.0351 e. The zero-order valence-corrected chi connectivity index (χ0v) is 5.98. The van der Waals surface area contributed by atoms with Crippen molar-refractivity contribution in [1.29, 1.82) is 0 Å². The van der Waals surface area contributed by atoms with Crippen LogP contribution in [0.1, 0.15) is 39.5 Å². The number of allylic oxidation sites excluding steroid dienone is 2. The van der Waals surface area contributed by atoms with Gasteiger partial charge in [-0.05, 0) is 19.8 Å². The van der Waals surface area contributed by atoms with Crippen molar-refractivity contribution in [3.05, 3.63) is 12.2 Å². The summed E-state index contributed by atoms with van der Waals surface area (Å²) >= 11 is 0. The Morgan fingerprint density at radius 2 is 2.00 bits per heavy atom. The molecule has 0 atom stereocenters. The number of unbranched alkanes of at least 4 members (excludes halogenated alkanes) is 3. The van der Waals surface area contributed by atoms with Gasteiger partial charge in [-0.1, -0.05) is 31.9 Å². The molecule has 0 amide bonds. The number of hydrogen-bond acceptors (Lipinski definition) is 0. The summed E-state index contributed by atoms with van der Waals surface area (Å²) in [6.45, 7) is 4.31. The molecule has 0 saturated heterocycles. The summed E-state index contributed by atoms with van der Waals surface area (Å²) in [7, 11) is 0. The second-order valence-corrected chi connectivity index (χ2v) is 2.06. The van der Waals surface area contributed by atoms with Gasteiger partial charge in [0.15, 0.2) is 0 Å². The molecule has 0 aliphatic heterocycles. The molecule has 0 aromatic carbocycles. The van der Waals surface area contributed by atoms with Crippen molar-refractivity contribution >= 4 is 0 Å². The second-order valence-electron chi connectivity index (χ2n) is 2.06. The van der Waals surface area contributed by atoms with Gasteiger partial charge in [-0.2, -0.15) is 0 Å². The van der Waals surface area contributed by atoms with Crippen LogP contribution in [-0.2, 0) is 0 Å². The minimum Gasteiger partial charge on any atom is -0.0917 e. The lowest BCUT2D eigenvalue weighted by Crippen LogP contribution is -1.68. The Morgan fingerprint density at radius 1 is 1.25 bits per heavy atom. The third-order valence-electron chi connectivity index (χ3n) is 1.21. The first kappa shape index (κ1) is 7.74. The monoisotopic (exact) mass is 112 g/mol. The van der Waals surface area contributed by atoms with Gasteiger partial charge in [0, 0.05) is 0 Å². The molecule has 0 aromatic heterocycles. The maximum absolute atomic E-state index is 2.23. The molecule has 0 bridgehead atoms. The molecule has 0 aliphatic carbocycles. The van der Waals surface area contributed by atoms with Crippen LogP contribution in [0, 0.1) is 0 Å². The fourth-order valence-electron chi connectivity index (χ4n) is 0.679. The summed E-state index contributed by atoms with van der Waals surface area (Å²) < 4.78 is 0. The minimum absolute atomic E-state index is 1.27. The third kappa shape index (κ3) is 5.74. The van der Waals surface area contributed by atoms with Crippen molar-refractivity contribution in [2.75, 3.05) is 0 Å². The largest absolute Gasteiger partial charge is 0.0917 e. The molecule has 0 aromatic rings. The van der Waals surface area contributed by atoms with Gasteiger partial charge in [0.05, 0.1) is 0 Å². The van der Waals surface area contributed by atoms with Gasteiger partial charge in [-0.25, -0.2) is 0 Å². The van der Waals surface area contributed by atoms with Crippen LogP contribution in [0.4, 0.5) is 0 Å². The van der Waals surface area contributed by atoms with Gasteiger partial charge in [-0.3, -0.25) is 0 Å². The van der Waals surface area contributed by atoms with E-state index in [4.69, 9.17) is 0 Å². The molecule has 0 nitrogen and oxygen atoms in total. The molecular formula is C8H16. The van der Waals surface area contributed by atoms with E-state index in [0.29, 0.717) is 0 Å². The Balaban J connectivity index is 2.72. The predicted octanol–water partition coefficient (Wildman–Crippen LogP) is 3.14. The maximum atomic E-state index is 2.23. The predicted molar refractivity (Wildman–Crippen MR) is 39.0 cm³/mol. The Hall–Kier alpha value is -0.260. The second kappa shape index (κ2) is 6.74. The van der Waals surface area contributed by atoms with Gasteiger partial charge < -0.3 is 0 Å². The van der Waals surface area contributed by atoms with E-state index in [1.807, 2.05) is 0 Å². The lowest BCUT2D eigenvalue weighted by molar-refractivity contribution is 0.729. The number of hydrogen-bond donors (Lipinski definition) is 0. The van der Waals surface area contributed by atoms with E-state index in [1.54, 1.807) is 0 Å². The van der Waals surface area contributed by atoms with Crippen molar-refractivity contribution in [3.8, 4) is 0 Å². The first-order chi connectivity index (χ1) is 3.91. The molecular weight excluding hydrogens is 96.1 g/mol. The highest BCUT2D eigenvalue weighted by Gasteiger charge is 1.78. The first-order valence-corrected chi connectivity index (χ1v) is 3.53. The standard InChI is InChI=1S/C8H16/c1-3-5-7-8-6-4-2/h3,5H,4,6-8H2,1-2H3/b5-3+. The van der Waals surface area contributed by atoms with Gasteiger partial charge in [0.25, 0.3) is 0 Å². The SMILES string of the molecule is C/C=C/CCCCC. The van der Waals surface area contributed by atoms with Crippen LogP contribution < -0.4 is 0 Å². The third-order valence-corrected chi connectivity index (χ3v) is 1.21. The highest BCUT2D eigenvalue weighted by atomic mass is 13.8. The Labute approximate surface area is 52.6 Å². The lowest BCUT2D eigenvalue weighted by atomic mass is 10.2. The molecule has 0 saturated carbocycles. The van der Waals surface area contributed by atoms with Gasteiger partial charge in [0.1, 0.15) is 0 Å². The molecule has 48 valence electrons. The van der Waals surface area contributed by atoms with Crippen LogP contribution in [-0.4, -0.2) is 0 Å². The zero-order valence-electron chi connectivity index (χ0n) is 5.98. The smallest absolute Gasteiger partial charge is 0.0351 e. The van der Waals surface area contributed by atoms with Crippen molar-refractivity contribution in [2.45, 2.75) is 39.5 Å². The molecule has 0 aliphatic rings. The fraction of sp³-hybridized carbons (Fsp3) is 0.750. The molecule has 0 N–H and O–H groups in total. The van der Waals surface area contributed by atoms with Gasteiger partial charge in [0.2, 0.25) is 0 Å². The normalized spacial score (nSPS) is 10.8. The lowest BCUT2D eigenvalue weighted by Gasteiger charge is -1.88. The van der Waals surface area contributed by atoms with Crippen LogP contribution in [0.15, 0.2) is 12.2 Å². The Kier molecular flexibility index (Phi) is 6.52. The zero-order chi connectivity index (χ0) is 6.24. The van der Waals surface area contributed by atoms with Crippen LogP contribution in [0.5, 0.6) is 0 Å². The summed E-state index contributed by atoms with van der Waals surface area (Å²) in [5.74, 6) is 0. The summed E-state index contributed by atoms with van der Waals surface area (Å²) in [4.78, 5) is 0. The van der Waals surface area contributed by atoms with E-state index < -0.39 is 0 Å². The van der Waals surface area contributed by atoms with Gasteiger partial charge >= 0.3 is 0 Å². The summed E-state index contributed by atoms with van der Waals surface area (Å²) in [5.41, 5.74) is 0. The minimum atomic E-state index is 1.27. The van der Waals surface area contributed by atoms with Gasteiger partial charge in [-0.15, -0.1) is 0 Å². The average Bonchev–Trinajstić information content (AvgIpc) is 1.81. The summed E-state index contributed by atoms with van der Waals surface area (Å²) in [6.07, 6.45) is 9.69. The van der Waals surface area contributed by atoms with Crippen LogP contribution in [0.2, 0.25) is 0 Å². The van der Waals surface area contributed by atoms with Crippen molar-refractivity contribution in [3.63, 3.8) is 0 Å². The quantitative estimate of drug-likeness (QED) is 0.387. The molecule has 8 heavy (non-hydrogen) atoms.